The zero-order valence-corrected chi connectivity index (χ0v) is 15.6. The van der Waals surface area contributed by atoms with E-state index in [2.05, 4.69) is 20.6 Å². The quantitative estimate of drug-likeness (QED) is 0.719. The summed E-state index contributed by atoms with van der Waals surface area (Å²) in [5.41, 5.74) is -0.775. The number of nitrogens with zero attached hydrogens (tertiary/aromatic N) is 2. The molecule has 1 aromatic heterocycles. The third-order valence-corrected chi connectivity index (χ3v) is 4.76. The van der Waals surface area contributed by atoms with Crippen LogP contribution < -0.4 is 10.6 Å². The van der Waals surface area contributed by atoms with E-state index in [1.54, 1.807) is 6.92 Å². The minimum atomic E-state index is -4.49. The minimum Gasteiger partial charge on any atom is -0.348 e. The Balaban J connectivity index is 1.79. The van der Waals surface area contributed by atoms with Crippen molar-refractivity contribution in [2.45, 2.75) is 57.7 Å². The molecule has 1 saturated carbocycles. The topological polar surface area (TPSA) is 66.9 Å². The molecule has 0 aliphatic heterocycles. The molecule has 2 aromatic rings. The van der Waals surface area contributed by atoms with Gasteiger partial charge in [-0.15, -0.1) is 0 Å². The van der Waals surface area contributed by atoms with Crippen LogP contribution in [0, 0.1) is 6.92 Å². The van der Waals surface area contributed by atoms with E-state index in [0.717, 1.165) is 31.7 Å². The monoisotopic (exact) mass is 392 g/mol. The molecular formula is C20H23F3N4O. The highest BCUT2D eigenvalue weighted by Crippen LogP contribution is 2.35. The zero-order valence-electron chi connectivity index (χ0n) is 15.6. The Hall–Kier alpha value is -2.64. The number of rotatable bonds is 4. The number of anilines is 2. The van der Waals surface area contributed by atoms with Gasteiger partial charge >= 0.3 is 6.18 Å². The lowest BCUT2D eigenvalue weighted by Gasteiger charge is -2.17. The molecule has 0 radical (unpaired) electrons. The minimum absolute atomic E-state index is 0.104. The predicted molar refractivity (Wildman–Crippen MR) is 100 cm³/mol. The fourth-order valence-electron chi connectivity index (χ4n) is 3.41. The SMILES string of the molecule is Cc1nc(Nc2ccccc2C(F)(F)F)cc(C(=O)NC2CCCCCC2)n1. The Kier molecular flexibility index (Phi) is 6.16. The van der Waals surface area contributed by atoms with Gasteiger partial charge in [-0.2, -0.15) is 13.2 Å². The first-order chi connectivity index (χ1) is 13.3. The van der Waals surface area contributed by atoms with Crippen LogP contribution in [0.15, 0.2) is 30.3 Å². The first-order valence-electron chi connectivity index (χ1n) is 9.43. The van der Waals surface area contributed by atoms with Gasteiger partial charge < -0.3 is 10.6 Å². The number of aryl methyl sites for hydroxylation is 1. The smallest absolute Gasteiger partial charge is 0.348 e. The molecule has 0 saturated heterocycles. The lowest BCUT2D eigenvalue weighted by molar-refractivity contribution is -0.136. The molecule has 1 aliphatic rings. The lowest BCUT2D eigenvalue weighted by atomic mass is 10.1. The highest BCUT2D eigenvalue weighted by atomic mass is 19.4. The second kappa shape index (κ2) is 8.58. The number of hydrogen-bond acceptors (Lipinski definition) is 4. The number of aromatic nitrogens is 2. The predicted octanol–water partition coefficient (Wildman–Crippen LogP) is 5.00. The summed E-state index contributed by atoms with van der Waals surface area (Å²) in [5, 5.41) is 5.67. The van der Waals surface area contributed by atoms with E-state index >= 15 is 0 Å². The number of halogens is 3. The number of nitrogens with one attached hydrogen (secondary N) is 2. The van der Waals surface area contributed by atoms with Gasteiger partial charge in [-0.25, -0.2) is 9.97 Å². The van der Waals surface area contributed by atoms with Crippen LogP contribution in [0.1, 0.15) is 60.4 Å². The van der Waals surface area contributed by atoms with Gasteiger partial charge in [-0.3, -0.25) is 4.79 Å². The molecule has 1 heterocycles. The van der Waals surface area contributed by atoms with Crippen LogP contribution in [0.4, 0.5) is 24.7 Å². The second-order valence-corrected chi connectivity index (χ2v) is 7.02. The number of amides is 1. The van der Waals surface area contributed by atoms with E-state index in [9.17, 15) is 18.0 Å². The average molecular weight is 392 g/mol. The molecule has 1 amide bonds. The Morgan fingerprint density at radius 3 is 2.43 bits per heavy atom. The van der Waals surface area contributed by atoms with Gasteiger partial charge in [0.2, 0.25) is 0 Å². The summed E-state index contributed by atoms with van der Waals surface area (Å²) in [5.74, 6) is 0.125. The van der Waals surface area contributed by atoms with Crippen molar-refractivity contribution in [1.82, 2.24) is 15.3 Å². The van der Waals surface area contributed by atoms with Crippen LogP contribution in [0.3, 0.4) is 0 Å². The van der Waals surface area contributed by atoms with Crippen molar-refractivity contribution in [3.8, 4) is 0 Å². The Morgan fingerprint density at radius 1 is 1.07 bits per heavy atom. The van der Waals surface area contributed by atoms with Crippen LogP contribution in [-0.2, 0) is 6.18 Å². The molecule has 150 valence electrons. The summed E-state index contributed by atoms with van der Waals surface area (Å²) in [6.45, 7) is 1.60. The molecule has 1 fully saturated rings. The first kappa shape index (κ1) is 20.1. The van der Waals surface area contributed by atoms with E-state index in [-0.39, 0.29) is 29.1 Å². The molecule has 2 N–H and O–H groups in total. The summed E-state index contributed by atoms with van der Waals surface area (Å²) >= 11 is 0. The van der Waals surface area contributed by atoms with E-state index in [0.29, 0.717) is 5.82 Å². The maximum absolute atomic E-state index is 13.2. The van der Waals surface area contributed by atoms with Gasteiger partial charge in [0.15, 0.2) is 0 Å². The number of carbonyl (C=O) groups is 1. The molecule has 0 unspecified atom stereocenters. The van der Waals surface area contributed by atoms with Crippen molar-refractivity contribution >= 4 is 17.4 Å². The molecule has 0 atom stereocenters. The number of carbonyl (C=O) groups excluding carboxylic acids is 1. The maximum Gasteiger partial charge on any atom is 0.418 e. The van der Waals surface area contributed by atoms with Crippen molar-refractivity contribution in [2.24, 2.45) is 0 Å². The fraction of sp³-hybridized carbons (Fsp3) is 0.450. The number of benzene rings is 1. The molecule has 0 spiro atoms. The van der Waals surface area contributed by atoms with E-state index in [4.69, 9.17) is 0 Å². The highest BCUT2D eigenvalue weighted by Gasteiger charge is 2.33. The fourth-order valence-corrected chi connectivity index (χ4v) is 3.41. The van der Waals surface area contributed by atoms with Gasteiger partial charge in [0.05, 0.1) is 11.3 Å². The van der Waals surface area contributed by atoms with Crippen molar-refractivity contribution in [3.05, 3.63) is 47.4 Å². The van der Waals surface area contributed by atoms with Crippen LogP contribution in [0.5, 0.6) is 0 Å². The molecule has 28 heavy (non-hydrogen) atoms. The third kappa shape index (κ3) is 5.21. The number of para-hydroxylation sites is 1. The largest absolute Gasteiger partial charge is 0.418 e. The van der Waals surface area contributed by atoms with Crippen molar-refractivity contribution < 1.29 is 18.0 Å². The lowest BCUT2D eigenvalue weighted by Crippen LogP contribution is -2.35. The first-order valence-corrected chi connectivity index (χ1v) is 9.43. The molecular weight excluding hydrogens is 369 g/mol. The Bertz CT molecular complexity index is 830. The Morgan fingerprint density at radius 2 is 1.75 bits per heavy atom. The van der Waals surface area contributed by atoms with Crippen LogP contribution in [-0.4, -0.2) is 21.9 Å². The van der Waals surface area contributed by atoms with Gasteiger partial charge in [-0.1, -0.05) is 37.8 Å². The molecule has 1 aromatic carbocycles. The van der Waals surface area contributed by atoms with Crippen molar-refractivity contribution in [3.63, 3.8) is 0 Å². The van der Waals surface area contributed by atoms with E-state index in [1.165, 1.54) is 37.1 Å². The second-order valence-electron chi connectivity index (χ2n) is 7.02. The van der Waals surface area contributed by atoms with Crippen molar-refractivity contribution in [1.29, 1.82) is 0 Å². The molecule has 5 nitrogen and oxygen atoms in total. The van der Waals surface area contributed by atoms with Gasteiger partial charge in [0.1, 0.15) is 17.3 Å². The van der Waals surface area contributed by atoms with Crippen LogP contribution >= 0.6 is 0 Å². The highest BCUT2D eigenvalue weighted by molar-refractivity contribution is 5.93. The summed E-state index contributed by atoms with van der Waals surface area (Å²) in [4.78, 5) is 20.9. The normalized spacial score (nSPS) is 15.7. The molecule has 1 aliphatic carbocycles. The molecule has 8 heteroatoms. The molecule has 0 bridgehead atoms. The maximum atomic E-state index is 13.2. The average Bonchev–Trinajstić information content (AvgIpc) is 2.89. The van der Waals surface area contributed by atoms with Gasteiger partial charge in [0.25, 0.3) is 5.91 Å². The summed E-state index contributed by atoms with van der Waals surface area (Å²) in [7, 11) is 0. The van der Waals surface area contributed by atoms with Gasteiger partial charge in [-0.05, 0) is 31.9 Å². The number of alkyl halides is 3. The van der Waals surface area contributed by atoms with Crippen LogP contribution in [0.25, 0.3) is 0 Å². The van der Waals surface area contributed by atoms with E-state index < -0.39 is 11.7 Å². The van der Waals surface area contributed by atoms with E-state index in [1.807, 2.05) is 0 Å². The number of hydrogen-bond donors (Lipinski definition) is 2. The van der Waals surface area contributed by atoms with Crippen molar-refractivity contribution in [2.75, 3.05) is 5.32 Å². The zero-order chi connectivity index (χ0) is 20.1. The van der Waals surface area contributed by atoms with Gasteiger partial charge in [0, 0.05) is 12.1 Å². The Labute approximate surface area is 161 Å². The standard InChI is InChI=1S/C20H23F3N4O/c1-13-24-17(19(28)26-14-8-4-2-3-5-9-14)12-18(25-13)27-16-11-7-6-10-15(16)20(21,22)23/h6-7,10-12,14H,2-5,8-9H2,1H3,(H,26,28)(H,24,25,27). The summed E-state index contributed by atoms with van der Waals surface area (Å²) in [6.07, 6.45) is 1.87. The summed E-state index contributed by atoms with van der Waals surface area (Å²) in [6, 6.07) is 6.64. The summed E-state index contributed by atoms with van der Waals surface area (Å²) < 4.78 is 39.6. The molecule has 3 rings (SSSR count). The van der Waals surface area contributed by atoms with Crippen LogP contribution in [0.2, 0.25) is 0 Å². The third-order valence-electron chi connectivity index (χ3n) is 4.76.